The fourth-order valence-electron chi connectivity index (χ4n) is 1.07. The Morgan fingerprint density at radius 2 is 2.24 bits per heavy atom. The van der Waals surface area contributed by atoms with Crippen molar-refractivity contribution < 1.29 is 19.5 Å². The molecule has 7 heteroatoms. The molecule has 6 nitrogen and oxygen atoms in total. The van der Waals surface area contributed by atoms with Crippen LogP contribution in [0.1, 0.15) is 15.9 Å². The molecule has 0 spiro atoms. The summed E-state index contributed by atoms with van der Waals surface area (Å²) >= 11 is 5.61. The molecule has 0 aliphatic rings. The molecule has 0 aliphatic carbocycles. The van der Waals surface area contributed by atoms with E-state index in [4.69, 9.17) is 22.2 Å². The monoisotopic (exact) mass is 251 g/mol. The zero-order valence-electron chi connectivity index (χ0n) is 8.37. The zero-order chi connectivity index (χ0) is 12.8. The summed E-state index contributed by atoms with van der Waals surface area (Å²) < 4.78 is 0. The van der Waals surface area contributed by atoms with E-state index in [1.54, 1.807) is 0 Å². The van der Waals surface area contributed by atoms with E-state index >= 15 is 0 Å². The number of pyridine rings is 1. The molecule has 0 atom stereocenters. The lowest BCUT2D eigenvalue weighted by Gasteiger charge is -1.99. The number of rotatable bonds is 4. The highest BCUT2D eigenvalue weighted by atomic mass is 35.5. The zero-order valence-corrected chi connectivity index (χ0v) is 9.13. The summed E-state index contributed by atoms with van der Waals surface area (Å²) in [6.07, 6.45) is 3.99. The van der Waals surface area contributed by atoms with Crippen LogP contribution in [0.2, 0.25) is 5.15 Å². The fourth-order valence-corrected chi connectivity index (χ4v) is 1.23. The number of aliphatic carboxylic acids is 1. The summed E-state index contributed by atoms with van der Waals surface area (Å²) in [6, 6.07) is 1.26. The summed E-state index contributed by atoms with van der Waals surface area (Å²) in [5, 5.41) is 8.55. The molecule has 0 unspecified atom stereocenters. The van der Waals surface area contributed by atoms with Gasteiger partial charge in [0.15, 0.2) is 0 Å². The third-order valence-electron chi connectivity index (χ3n) is 1.75. The molecule has 0 fully saturated rings. The van der Waals surface area contributed by atoms with E-state index < -0.39 is 11.8 Å². The molecule has 0 radical (unpaired) electrons. The standard InChI is InChI=1S/C10H6ClN3O3/c11-9-3-7(8(15)5-14-12)6(4-13-9)1-2-10(16)17/h1-5H,(H,16,17). The highest BCUT2D eigenvalue weighted by Gasteiger charge is 2.12. The number of ketones is 1. The van der Waals surface area contributed by atoms with Gasteiger partial charge in [-0.1, -0.05) is 11.6 Å². The smallest absolute Gasteiger partial charge is 0.328 e. The summed E-state index contributed by atoms with van der Waals surface area (Å²) in [7, 11) is 0. The van der Waals surface area contributed by atoms with E-state index in [1.807, 2.05) is 0 Å². The number of carboxylic acids is 1. The van der Waals surface area contributed by atoms with Crippen molar-refractivity contribution in [1.82, 2.24) is 4.98 Å². The van der Waals surface area contributed by atoms with Crippen LogP contribution >= 0.6 is 11.6 Å². The van der Waals surface area contributed by atoms with E-state index in [0.29, 0.717) is 6.21 Å². The maximum Gasteiger partial charge on any atom is 0.328 e. The number of nitrogens with zero attached hydrogens (tertiary/aromatic N) is 3. The molecule has 0 amide bonds. The highest BCUT2D eigenvalue weighted by Crippen LogP contribution is 2.14. The Bertz CT molecular complexity index is 548. The average Bonchev–Trinajstić information content (AvgIpc) is 2.27. The first-order valence-corrected chi connectivity index (χ1v) is 4.70. The fraction of sp³-hybridized carbons (Fsp3) is 0. The number of Topliss-reactive ketones (excluding diaryl/α,β-unsaturated/α-hetero) is 1. The lowest BCUT2D eigenvalue weighted by Crippen LogP contribution is -2.04. The molecule has 1 rings (SSSR count). The van der Waals surface area contributed by atoms with Crippen molar-refractivity contribution in [3.05, 3.63) is 40.2 Å². The molecule has 17 heavy (non-hydrogen) atoms. The second-order valence-electron chi connectivity index (χ2n) is 2.87. The van der Waals surface area contributed by atoms with Gasteiger partial charge in [0.05, 0.1) is 0 Å². The van der Waals surface area contributed by atoms with Gasteiger partial charge in [-0.15, -0.1) is 0 Å². The quantitative estimate of drug-likeness (QED) is 0.218. The molecule has 0 aromatic carbocycles. The predicted molar refractivity (Wildman–Crippen MR) is 59.9 cm³/mol. The Kier molecular flexibility index (Phi) is 4.28. The van der Waals surface area contributed by atoms with Crippen molar-refractivity contribution in [2.45, 2.75) is 0 Å². The molecule has 1 aromatic heterocycles. The molecule has 0 saturated carbocycles. The number of hydrogen-bond acceptors (Lipinski definition) is 3. The SMILES string of the molecule is [N-]=[N+]=CC(=O)c1cc(Cl)ncc1C=CC(=O)O. The molecule has 0 saturated heterocycles. The minimum absolute atomic E-state index is 0.0761. The normalized spacial score (nSPS) is 9.94. The highest BCUT2D eigenvalue weighted by molar-refractivity contribution is 6.35. The van der Waals surface area contributed by atoms with Crippen LogP contribution < -0.4 is 0 Å². The van der Waals surface area contributed by atoms with E-state index in [-0.39, 0.29) is 16.3 Å². The van der Waals surface area contributed by atoms with E-state index in [0.717, 1.165) is 6.08 Å². The van der Waals surface area contributed by atoms with Crippen molar-refractivity contribution >= 4 is 35.6 Å². The van der Waals surface area contributed by atoms with Gasteiger partial charge in [0.25, 0.3) is 5.78 Å². The van der Waals surface area contributed by atoms with Crippen LogP contribution in [-0.4, -0.2) is 32.8 Å². The van der Waals surface area contributed by atoms with Crippen LogP contribution in [0.3, 0.4) is 0 Å². The summed E-state index contributed by atoms with van der Waals surface area (Å²) in [4.78, 5) is 28.2. The molecule has 1 N–H and O–H groups in total. The van der Waals surface area contributed by atoms with E-state index in [9.17, 15) is 9.59 Å². The largest absolute Gasteiger partial charge is 0.478 e. The average molecular weight is 252 g/mol. The maximum atomic E-state index is 11.5. The van der Waals surface area contributed by atoms with Crippen molar-refractivity contribution in [2.75, 3.05) is 0 Å². The first kappa shape index (κ1) is 12.8. The second-order valence-corrected chi connectivity index (χ2v) is 3.26. The number of aromatic nitrogens is 1. The first-order chi connectivity index (χ1) is 8.04. The molecule has 86 valence electrons. The first-order valence-electron chi connectivity index (χ1n) is 4.33. The van der Waals surface area contributed by atoms with Crippen LogP contribution in [0.4, 0.5) is 0 Å². The number of halogens is 1. The molecule has 1 heterocycles. The Balaban J connectivity index is 3.25. The second kappa shape index (κ2) is 5.69. The number of carbonyl (C=O) groups is 2. The molecule has 0 bridgehead atoms. The van der Waals surface area contributed by atoms with Crippen LogP contribution in [0.25, 0.3) is 11.6 Å². The third kappa shape index (κ3) is 3.64. The van der Waals surface area contributed by atoms with Gasteiger partial charge in [0.1, 0.15) is 5.15 Å². The topological polar surface area (TPSA) is 104 Å². The minimum atomic E-state index is -1.16. The Labute approximate surface area is 101 Å². The Morgan fingerprint density at radius 3 is 2.82 bits per heavy atom. The number of hydrogen-bond donors (Lipinski definition) is 1. The van der Waals surface area contributed by atoms with Gasteiger partial charge in [-0.05, 0) is 12.1 Å². The summed E-state index contributed by atoms with van der Waals surface area (Å²) in [5.41, 5.74) is 8.63. The van der Waals surface area contributed by atoms with Gasteiger partial charge in [0.2, 0.25) is 0 Å². The minimum Gasteiger partial charge on any atom is -0.478 e. The Hall–Kier alpha value is -2.30. The number of carbonyl (C=O) groups excluding carboxylic acids is 1. The van der Waals surface area contributed by atoms with Gasteiger partial charge < -0.3 is 10.6 Å². The molecule has 0 aliphatic heterocycles. The van der Waals surface area contributed by atoms with Crippen LogP contribution in [0.15, 0.2) is 18.3 Å². The molecular weight excluding hydrogens is 246 g/mol. The van der Waals surface area contributed by atoms with Gasteiger partial charge in [-0.25, -0.2) is 9.78 Å². The van der Waals surface area contributed by atoms with Crippen LogP contribution in [0, 0.1) is 0 Å². The summed E-state index contributed by atoms with van der Waals surface area (Å²) in [5.74, 6) is -1.77. The predicted octanol–water partition coefficient (Wildman–Crippen LogP) is 1.32. The lowest BCUT2D eigenvalue weighted by molar-refractivity contribution is -0.131. The van der Waals surface area contributed by atoms with Crippen molar-refractivity contribution in [2.24, 2.45) is 0 Å². The van der Waals surface area contributed by atoms with E-state index in [2.05, 4.69) is 9.77 Å². The lowest BCUT2D eigenvalue weighted by atomic mass is 10.1. The van der Waals surface area contributed by atoms with Crippen molar-refractivity contribution in [1.29, 1.82) is 0 Å². The van der Waals surface area contributed by atoms with Crippen molar-refractivity contribution in [3.8, 4) is 0 Å². The summed E-state index contributed by atoms with van der Waals surface area (Å²) in [6.45, 7) is 0. The van der Waals surface area contributed by atoms with Crippen LogP contribution in [-0.2, 0) is 4.79 Å². The number of carboxylic acid groups (broad SMARTS) is 1. The van der Waals surface area contributed by atoms with Crippen molar-refractivity contribution in [3.63, 3.8) is 0 Å². The van der Waals surface area contributed by atoms with Gasteiger partial charge >= 0.3 is 12.2 Å². The molecule has 1 aromatic rings. The maximum absolute atomic E-state index is 11.5. The Morgan fingerprint density at radius 1 is 1.53 bits per heavy atom. The third-order valence-corrected chi connectivity index (χ3v) is 1.95. The molecular formula is C10H6ClN3O3. The van der Waals surface area contributed by atoms with Crippen LogP contribution in [0.5, 0.6) is 0 Å². The van der Waals surface area contributed by atoms with E-state index in [1.165, 1.54) is 18.3 Å². The van der Waals surface area contributed by atoms with Gasteiger partial charge in [0, 0.05) is 23.4 Å². The van der Waals surface area contributed by atoms with Gasteiger partial charge in [-0.2, -0.15) is 4.79 Å². The van der Waals surface area contributed by atoms with Gasteiger partial charge in [-0.3, -0.25) is 4.79 Å².